The van der Waals surface area contributed by atoms with Crippen LogP contribution >= 0.6 is 0 Å². The van der Waals surface area contributed by atoms with Crippen LogP contribution < -0.4 is 10.1 Å². The van der Waals surface area contributed by atoms with Crippen LogP contribution in [0.3, 0.4) is 0 Å². The molecule has 1 aliphatic rings. The van der Waals surface area contributed by atoms with Crippen LogP contribution in [-0.2, 0) is 0 Å². The molecule has 0 aliphatic carbocycles. The Balaban J connectivity index is 1.95. The van der Waals surface area contributed by atoms with Gasteiger partial charge in [0.25, 0.3) is 0 Å². The number of nitrogens with one attached hydrogen (secondary N) is 1. The van der Waals surface area contributed by atoms with E-state index in [1.807, 2.05) is 25.1 Å². The summed E-state index contributed by atoms with van der Waals surface area (Å²) >= 11 is 0. The quantitative estimate of drug-likeness (QED) is 0.842. The predicted molar refractivity (Wildman–Crippen MR) is 76.6 cm³/mol. The van der Waals surface area contributed by atoms with Crippen LogP contribution in [0.15, 0.2) is 18.2 Å². The van der Waals surface area contributed by atoms with Gasteiger partial charge in [0.1, 0.15) is 5.75 Å². The highest BCUT2D eigenvalue weighted by Crippen LogP contribution is 2.26. The first-order chi connectivity index (χ1) is 9.10. The van der Waals surface area contributed by atoms with Crippen LogP contribution in [0.2, 0.25) is 0 Å². The zero-order valence-corrected chi connectivity index (χ0v) is 12.0. The van der Waals surface area contributed by atoms with Crippen molar-refractivity contribution in [2.24, 2.45) is 0 Å². The monoisotopic (exact) mass is 264 g/mol. The number of hydrogen-bond donors (Lipinski definition) is 2. The van der Waals surface area contributed by atoms with Crippen molar-refractivity contribution in [3.05, 3.63) is 29.3 Å². The van der Waals surface area contributed by atoms with Gasteiger partial charge in [-0.2, -0.15) is 0 Å². The van der Waals surface area contributed by atoms with Gasteiger partial charge in [0.05, 0.1) is 13.2 Å². The zero-order chi connectivity index (χ0) is 13.8. The molecule has 2 atom stereocenters. The number of nitrogens with zero attached hydrogens (tertiary/aromatic N) is 1. The summed E-state index contributed by atoms with van der Waals surface area (Å²) < 4.78 is 5.31. The molecular weight excluding hydrogens is 240 g/mol. The van der Waals surface area contributed by atoms with Crippen LogP contribution in [0, 0.1) is 6.92 Å². The highest BCUT2D eigenvalue weighted by molar-refractivity contribution is 5.38. The molecule has 1 heterocycles. The van der Waals surface area contributed by atoms with E-state index in [0.717, 1.165) is 36.4 Å². The molecule has 2 rings (SSSR count). The van der Waals surface area contributed by atoms with Crippen molar-refractivity contribution in [2.75, 3.05) is 33.8 Å². The number of aliphatic hydroxyl groups is 1. The van der Waals surface area contributed by atoms with Gasteiger partial charge in [-0.25, -0.2) is 0 Å². The number of aryl methyl sites for hydroxylation is 1. The Kier molecular flexibility index (Phi) is 4.80. The zero-order valence-electron chi connectivity index (χ0n) is 12.0. The van der Waals surface area contributed by atoms with Crippen LogP contribution in [0.4, 0.5) is 0 Å². The summed E-state index contributed by atoms with van der Waals surface area (Å²) in [6.07, 6.45) is 0.620. The molecule has 0 saturated carbocycles. The molecule has 0 spiro atoms. The Hall–Kier alpha value is -1.10. The Morgan fingerprint density at radius 3 is 2.95 bits per heavy atom. The smallest absolute Gasteiger partial charge is 0.124 e. The highest BCUT2D eigenvalue weighted by atomic mass is 16.5. The van der Waals surface area contributed by atoms with E-state index in [0.29, 0.717) is 12.6 Å². The minimum atomic E-state index is -0.527. The Morgan fingerprint density at radius 2 is 2.32 bits per heavy atom. The van der Waals surface area contributed by atoms with Crippen molar-refractivity contribution in [3.8, 4) is 5.75 Å². The molecule has 1 aliphatic heterocycles. The molecule has 1 aromatic rings. The van der Waals surface area contributed by atoms with E-state index in [2.05, 4.69) is 17.3 Å². The lowest BCUT2D eigenvalue weighted by atomic mass is 10.0. The average Bonchev–Trinajstić information content (AvgIpc) is 2.81. The molecule has 4 heteroatoms. The van der Waals surface area contributed by atoms with E-state index in [1.165, 1.54) is 0 Å². The fourth-order valence-corrected chi connectivity index (χ4v) is 2.60. The van der Waals surface area contributed by atoms with E-state index in [9.17, 15) is 5.11 Å². The number of ether oxygens (including phenoxy) is 1. The summed E-state index contributed by atoms with van der Waals surface area (Å²) in [5.74, 6) is 0.753. The Bertz CT molecular complexity index is 423. The van der Waals surface area contributed by atoms with Crippen molar-refractivity contribution in [2.45, 2.75) is 25.5 Å². The number of likely N-dealkylation sites (N-methyl/N-ethyl adjacent to an activating group) is 1. The van der Waals surface area contributed by atoms with Gasteiger partial charge in [-0.05, 0) is 39.1 Å². The Labute approximate surface area is 115 Å². The molecule has 0 amide bonds. The van der Waals surface area contributed by atoms with Gasteiger partial charge in [0.2, 0.25) is 0 Å². The first kappa shape index (κ1) is 14.3. The van der Waals surface area contributed by atoms with Crippen LogP contribution in [0.5, 0.6) is 5.75 Å². The number of methoxy groups -OCH3 is 1. The van der Waals surface area contributed by atoms with Crippen molar-refractivity contribution >= 4 is 0 Å². The van der Waals surface area contributed by atoms with Crippen LogP contribution in [0.1, 0.15) is 23.7 Å². The largest absolute Gasteiger partial charge is 0.496 e. The first-order valence-electron chi connectivity index (χ1n) is 6.84. The predicted octanol–water partition coefficient (Wildman–Crippen LogP) is 1.33. The molecule has 0 radical (unpaired) electrons. The average molecular weight is 264 g/mol. The van der Waals surface area contributed by atoms with Crippen molar-refractivity contribution in [1.82, 2.24) is 10.2 Å². The fraction of sp³-hybridized carbons (Fsp3) is 0.600. The molecule has 106 valence electrons. The van der Waals surface area contributed by atoms with E-state index in [1.54, 1.807) is 7.11 Å². The Morgan fingerprint density at radius 1 is 1.53 bits per heavy atom. The maximum atomic E-state index is 10.3. The highest BCUT2D eigenvalue weighted by Gasteiger charge is 2.21. The van der Waals surface area contributed by atoms with Crippen molar-refractivity contribution in [1.29, 1.82) is 0 Å². The third-order valence-corrected chi connectivity index (χ3v) is 3.74. The summed E-state index contributed by atoms with van der Waals surface area (Å²) in [6, 6.07) is 6.38. The standard InChI is InChI=1S/C15H24N2O2/c1-11-4-5-15(19-3)13(8-11)14(18)9-16-12-6-7-17(2)10-12/h4-5,8,12,14,16,18H,6-7,9-10H2,1-3H3. The van der Waals surface area contributed by atoms with E-state index >= 15 is 0 Å². The van der Waals surface area contributed by atoms with Gasteiger partial charge in [0, 0.05) is 24.7 Å². The molecule has 2 unspecified atom stereocenters. The maximum Gasteiger partial charge on any atom is 0.124 e. The van der Waals surface area contributed by atoms with E-state index in [-0.39, 0.29) is 0 Å². The van der Waals surface area contributed by atoms with E-state index < -0.39 is 6.10 Å². The van der Waals surface area contributed by atoms with Gasteiger partial charge in [-0.15, -0.1) is 0 Å². The summed E-state index contributed by atoms with van der Waals surface area (Å²) in [4.78, 5) is 2.30. The summed E-state index contributed by atoms with van der Waals surface area (Å²) in [6.45, 7) is 4.77. The molecule has 0 bridgehead atoms. The third-order valence-electron chi connectivity index (χ3n) is 3.74. The molecule has 0 aromatic heterocycles. The van der Waals surface area contributed by atoms with Gasteiger partial charge in [0.15, 0.2) is 0 Å². The molecular formula is C15H24N2O2. The maximum absolute atomic E-state index is 10.3. The van der Waals surface area contributed by atoms with E-state index in [4.69, 9.17) is 4.74 Å². The molecule has 1 fully saturated rings. The van der Waals surface area contributed by atoms with Gasteiger partial charge >= 0.3 is 0 Å². The second kappa shape index (κ2) is 6.37. The first-order valence-corrected chi connectivity index (χ1v) is 6.84. The molecule has 4 nitrogen and oxygen atoms in total. The number of rotatable bonds is 5. The SMILES string of the molecule is COc1ccc(C)cc1C(O)CNC1CCN(C)C1. The third kappa shape index (κ3) is 3.69. The number of aliphatic hydroxyl groups excluding tert-OH is 1. The topological polar surface area (TPSA) is 44.7 Å². The fourth-order valence-electron chi connectivity index (χ4n) is 2.60. The summed E-state index contributed by atoms with van der Waals surface area (Å²) in [5, 5.41) is 13.8. The van der Waals surface area contributed by atoms with Gasteiger partial charge < -0.3 is 20.1 Å². The molecule has 1 aromatic carbocycles. The lowest BCUT2D eigenvalue weighted by Crippen LogP contribution is -2.34. The minimum absolute atomic E-state index is 0.482. The second-order valence-corrected chi connectivity index (χ2v) is 5.42. The summed E-state index contributed by atoms with van der Waals surface area (Å²) in [7, 11) is 3.77. The lowest BCUT2D eigenvalue weighted by molar-refractivity contribution is 0.166. The lowest BCUT2D eigenvalue weighted by Gasteiger charge is -2.19. The second-order valence-electron chi connectivity index (χ2n) is 5.42. The summed E-state index contributed by atoms with van der Waals surface area (Å²) in [5.41, 5.74) is 2.00. The minimum Gasteiger partial charge on any atom is -0.496 e. The van der Waals surface area contributed by atoms with Crippen molar-refractivity contribution in [3.63, 3.8) is 0 Å². The van der Waals surface area contributed by atoms with Crippen molar-refractivity contribution < 1.29 is 9.84 Å². The molecule has 1 saturated heterocycles. The van der Waals surface area contributed by atoms with Crippen LogP contribution in [-0.4, -0.2) is 49.8 Å². The number of likely N-dealkylation sites (tertiary alicyclic amines) is 1. The van der Waals surface area contributed by atoms with Crippen LogP contribution in [0.25, 0.3) is 0 Å². The molecule has 19 heavy (non-hydrogen) atoms. The normalized spacial score (nSPS) is 21.6. The van der Waals surface area contributed by atoms with Gasteiger partial charge in [-0.1, -0.05) is 11.6 Å². The van der Waals surface area contributed by atoms with Gasteiger partial charge in [-0.3, -0.25) is 0 Å². The number of hydrogen-bond acceptors (Lipinski definition) is 4. The molecule has 2 N–H and O–H groups in total. The number of benzene rings is 1.